The van der Waals surface area contributed by atoms with Crippen molar-refractivity contribution in [3.8, 4) is 11.3 Å². The van der Waals surface area contributed by atoms with Crippen LogP contribution in [0.25, 0.3) is 17.4 Å². The van der Waals surface area contributed by atoms with Gasteiger partial charge in [-0.05, 0) is 66.7 Å². The Bertz CT molecular complexity index is 1140. The van der Waals surface area contributed by atoms with E-state index in [2.05, 4.69) is 15.9 Å². The van der Waals surface area contributed by atoms with E-state index in [-0.39, 0.29) is 5.24 Å². The number of nitrogens with zero attached hydrogens (tertiary/aromatic N) is 1. The Kier molecular flexibility index (Phi) is 5.19. The number of hydrogen-bond acceptors (Lipinski definition) is 4. The molecule has 1 fully saturated rings. The zero-order chi connectivity index (χ0) is 19.8. The van der Waals surface area contributed by atoms with Crippen LogP contribution in [0.2, 0.25) is 5.02 Å². The van der Waals surface area contributed by atoms with Gasteiger partial charge in [0.15, 0.2) is 0 Å². The number of rotatable bonds is 3. The van der Waals surface area contributed by atoms with Crippen LogP contribution in [-0.4, -0.2) is 11.1 Å². The van der Waals surface area contributed by atoms with Crippen LogP contribution in [0, 0.1) is 6.92 Å². The van der Waals surface area contributed by atoms with Crippen molar-refractivity contribution in [3.05, 3.63) is 80.3 Å². The van der Waals surface area contributed by atoms with Crippen LogP contribution >= 0.6 is 39.3 Å². The minimum absolute atomic E-state index is 0.300. The summed E-state index contributed by atoms with van der Waals surface area (Å²) in [6, 6.07) is 16.2. The van der Waals surface area contributed by atoms with E-state index in [9.17, 15) is 9.59 Å². The summed E-state index contributed by atoms with van der Waals surface area (Å²) in [5, 5.41) is 0.0893. The molecule has 1 aliphatic heterocycles. The average Bonchev–Trinajstić information content (AvgIpc) is 3.20. The molecular formula is C21H13BrClNO3S. The summed E-state index contributed by atoms with van der Waals surface area (Å²) >= 11 is 10.4. The molecule has 1 saturated heterocycles. The molecule has 0 aliphatic carbocycles. The molecule has 0 bridgehead atoms. The zero-order valence-corrected chi connectivity index (χ0v) is 17.8. The summed E-state index contributed by atoms with van der Waals surface area (Å²) < 4.78 is 6.80. The molecule has 0 radical (unpaired) electrons. The molecule has 4 rings (SSSR count). The molecule has 28 heavy (non-hydrogen) atoms. The molecule has 0 unspecified atom stereocenters. The molecule has 0 atom stereocenters. The Morgan fingerprint density at radius 1 is 1.11 bits per heavy atom. The van der Waals surface area contributed by atoms with Gasteiger partial charge in [0, 0.05) is 21.1 Å². The smallest absolute Gasteiger partial charge is 0.298 e. The zero-order valence-electron chi connectivity index (χ0n) is 14.6. The van der Waals surface area contributed by atoms with Crippen molar-refractivity contribution in [2.75, 3.05) is 4.90 Å². The lowest BCUT2D eigenvalue weighted by Crippen LogP contribution is -2.27. The summed E-state index contributed by atoms with van der Waals surface area (Å²) in [6.07, 6.45) is 1.58. The van der Waals surface area contributed by atoms with Crippen LogP contribution < -0.4 is 4.90 Å². The number of carbonyl (C=O) groups is 2. The number of amides is 2. The summed E-state index contributed by atoms with van der Waals surface area (Å²) in [4.78, 5) is 26.5. The maximum absolute atomic E-state index is 12.7. The minimum Gasteiger partial charge on any atom is -0.457 e. The molecule has 3 aromatic rings. The van der Waals surface area contributed by atoms with Crippen LogP contribution in [0.3, 0.4) is 0 Å². The van der Waals surface area contributed by atoms with Gasteiger partial charge in [0.25, 0.3) is 11.1 Å². The lowest BCUT2D eigenvalue weighted by Gasteiger charge is -2.12. The molecule has 0 N–H and O–H groups in total. The molecule has 1 aliphatic rings. The number of hydrogen-bond donors (Lipinski definition) is 0. The monoisotopic (exact) mass is 473 g/mol. The van der Waals surface area contributed by atoms with E-state index in [0.29, 0.717) is 27.1 Å². The summed E-state index contributed by atoms with van der Waals surface area (Å²) in [5.74, 6) is 0.776. The highest BCUT2D eigenvalue weighted by Gasteiger charge is 2.36. The number of halogens is 2. The van der Waals surface area contributed by atoms with Gasteiger partial charge in [-0.25, -0.2) is 4.90 Å². The summed E-state index contributed by atoms with van der Waals surface area (Å²) in [6.45, 7) is 2.01. The molecule has 0 saturated carbocycles. The lowest BCUT2D eigenvalue weighted by molar-refractivity contribution is -0.113. The van der Waals surface area contributed by atoms with Crippen molar-refractivity contribution < 1.29 is 14.0 Å². The number of furan rings is 1. The van der Waals surface area contributed by atoms with E-state index in [1.165, 1.54) is 0 Å². The van der Waals surface area contributed by atoms with Crippen molar-refractivity contribution in [1.29, 1.82) is 0 Å². The second-order valence-corrected chi connectivity index (χ2v) is 8.47. The van der Waals surface area contributed by atoms with Crippen LogP contribution in [-0.2, 0) is 4.79 Å². The van der Waals surface area contributed by atoms with Crippen LogP contribution in [0.5, 0.6) is 0 Å². The van der Waals surface area contributed by atoms with Gasteiger partial charge in [0.2, 0.25) is 0 Å². The molecule has 1 aromatic heterocycles. The number of imide groups is 1. The van der Waals surface area contributed by atoms with Crippen molar-refractivity contribution in [1.82, 2.24) is 0 Å². The Labute approximate surface area is 179 Å². The quantitative estimate of drug-likeness (QED) is 0.387. The first-order valence-electron chi connectivity index (χ1n) is 8.32. The normalized spacial score (nSPS) is 15.7. The maximum atomic E-state index is 12.7. The van der Waals surface area contributed by atoms with E-state index < -0.39 is 5.91 Å². The predicted octanol–water partition coefficient (Wildman–Crippen LogP) is 6.91. The molecule has 0 spiro atoms. The molecular weight excluding hydrogens is 462 g/mol. The highest BCUT2D eigenvalue weighted by atomic mass is 79.9. The van der Waals surface area contributed by atoms with E-state index in [4.69, 9.17) is 16.0 Å². The first-order valence-corrected chi connectivity index (χ1v) is 10.3. The maximum Gasteiger partial charge on any atom is 0.298 e. The van der Waals surface area contributed by atoms with E-state index in [0.717, 1.165) is 32.3 Å². The Balaban J connectivity index is 1.62. The Hall–Kier alpha value is -2.28. The van der Waals surface area contributed by atoms with Crippen LogP contribution in [0.1, 0.15) is 11.3 Å². The molecule has 140 valence electrons. The van der Waals surface area contributed by atoms with Crippen molar-refractivity contribution in [3.63, 3.8) is 0 Å². The molecule has 4 nitrogen and oxygen atoms in total. The van der Waals surface area contributed by atoms with E-state index in [1.807, 2.05) is 31.2 Å². The van der Waals surface area contributed by atoms with Gasteiger partial charge in [0.1, 0.15) is 11.5 Å². The number of carbonyl (C=O) groups excluding carboxylic acids is 2. The van der Waals surface area contributed by atoms with Gasteiger partial charge < -0.3 is 4.42 Å². The second-order valence-electron chi connectivity index (χ2n) is 6.18. The Morgan fingerprint density at radius 3 is 2.68 bits per heavy atom. The third kappa shape index (κ3) is 3.68. The molecule has 7 heteroatoms. The lowest BCUT2D eigenvalue weighted by atomic mass is 10.1. The average molecular weight is 475 g/mol. The molecule has 2 amide bonds. The first-order chi connectivity index (χ1) is 13.4. The SMILES string of the molecule is Cc1ccc(-c2ccc(/C=C3\SC(=O)N(c4cccc(Cl)c4)C3=O)o2)c(Br)c1. The van der Waals surface area contributed by atoms with Gasteiger partial charge in [-0.3, -0.25) is 9.59 Å². The van der Waals surface area contributed by atoms with Crippen LogP contribution in [0.4, 0.5) is 10.5 Å². The van der Waals surface area contributed by atoms with Gasteiger partial charge in [-0.15, -0.1) is 0 Å². The van der Waals surface area contributed by atoms with Gasteiger partial charge >= 0.3 is 0 Å². The number of aryl methyl sites for hydroxylation is 1. The van der Waals surface area contributed by atoms with Crippen molar-refractivity contribution in [2.45, 2.75) is 6.92 Å². The fraction of sp³-hybridized carbons (Fsp3) is 0.0476. The fourth-order valence-electron chi connectivity index (χ4n) is 2.83. The van der Waals surface area contributed by atoms with E-state index in [1.54, 1.807) is 36.4 Å². The van der Waals surface area contributed by atoms with Crippen molar-refractivity contribution in [2.24, 2.45) is 0 Å². The summed E-state index contributed by atoms with van der Waals surface area (Å²) in [5.41, 5.74) is 2.50. The third-order valence-electron chi connectivity index (χ3n) is 4.15. The predicted molar refractivity (Wildman–Crippen MR) is 116 cm³/mol. The minimum atomic E-state index is -0.397. The third-order valence-corrected chi connectivity index (χ3v) is 5.91. The van der Waals surface area contributed by atoms with Gasteiger partial charge in [-0.2, -0.15) is 0 Å². The second kappa shape index (κ2) is 7.62. The number of thioether (sulfide) groups is 1. The highest BCUT2D eigenvalue weighted by Crippen LogP contribution is 2.37. The van der Waals surface area contributed by atoms with E-state index >= 15 is 0 Å². The molecule has 2 heterocycles. The fourth-order valence-corrected chi connectivity index (χ4v) is 4.52. The largest absolute Gasteiger partial charge is 0.457 e. The topological polar surface area (TPSA) is 50.5 Å². The van der Waals surface area contributed by atoms with Crippen LogP contribution in [0.15, 0.2) is 68.4 Å². The molecule has 2 aromatic carbocycles. The van der Waals surface area contributed by atoms with Gasteiger partial charge in [0.05, 0.1) is 10.6 Å². The number of anilines is 1. The first kappa shape index (κ1) is 19.1. The highest BCUT2D eigenvalue weighted by molar-refractivity contribution is 9.10. The standard InChI is InChI=1S/C21H13BrClNO3S/c1-12-5-7-16(17(22)9-12)18-8-6-15(27-18)11-19-20(25)24(21(26)28-19)14-4-2-3-13(23)10-14/h2-11H,1H3/b19-11-. The van der Waals surface area contributed by atoms with Crippen molar-refractivity contribution >= 4 is 62.2 Å². The van der Waals surface area contributed by atoms with Gasteiger partial charge in [-0.1, -0.05) is 39.7 Å². The summed E-state index contributed by atoms with van der Waals surface area (Å²) in [7, 11) is 0. The Morgan fingerprint density at radius 2 is 1.93 bits per heavy atom. The number of benzene rings is 2.